The molecule has 4 aliphatic rings. The molecule has 6 rings (SSSR count). The molecule has 2 aliphatic heterocycles. The highest BCUT2D eigenvalue weighted by atomic mass is 16.5. The van der Waals surface area contributed by atoms with Crippen molar-refractivity contribution in [1.29, 1.82) is 0 Å². The number of aromatic hydroxyl groups is 1. The molecule has 136 valence electrons. The molecule has 2 aromatic carbocycles. The van der Waals surface area contributed by atoms with E-state index in [1.165, 1.54) is 11.1 Å². The predicted molar refractivity (Wildman–Crippen MR) is 99.6 cm³/mol. The Morgan fingerprint density at radius 3 is 3.00 bits per heavy atom. The lowest BCUT2D eigenvalue weighted by Crippen LogP contribution is -2.60. The fraction of sp³-hybridized carbons (Fsp3) is 0.318. The molecule has 0 aromatic heterocycles. The molecule has 3 unspecified atom stereocenters. The van der Waals surface area contributed by atoms with E-state index in [4.69, 9.17) is 4.74 Å². The molecular weight excluding hydrogens is 340 g/mol. The lowest BCUT2D eigenvalue weighted by Gasteiger charge is -2.46. The number of aryl methyl sites for hydroxylation is 1. The van der Waals surface area contributed by atoms with Gasteiger partial charge in [0.2, 0.25) is 0 Å². The number of benzene rings is 2. The largest absolute Gasteiger partial charge is 0.508 e. The van der Waals surface area contributed by atoms with Crippen molar-refractivity contribution in [2.45, 2.75) is 36.3 Å². The molecule has 3 atom stereocenters. The van der Waals surface area contributed by atoms with Crippen LogP contribution in [-0.4, -0.2) is 28.7 Å². The lowest BCUT2D eigenvalue weighted by molar-refractivity contribution is 0.000760. The maximum Gasteiger partial charge on any atom is 0.322 e. The molecule has 2 aromatic rings. The highest BCUT2D eigenvalue weighted by Crippen LogP contribution is 2.63. The second-order valence-corrected chi connectivity index (χ2v) is 8.08. The van der Waals surface area contributed by atoms with E-state index in [-0.39, 0.29) is 17.7 Å². The molecule has 2 bridgehead atoms. The van der Waals surface area contributed by atoms with Crippen molar-refractivity contribution in [2.24, 2.45) is 0 Å². The number of ether oxygens (including phenoxy) is 1. The van der Waals surface area contributed by atoms with Crippen LogP contribution in [0.4, 0.5) is 4.79 Å². The summed E-state index contributed by atoms with van der Waals surface area (Å²) in [5, 5.41) is 13.4. The monoisotopic (exact) mass is 360 g/mol. The molecule has 27 heavy (non-hydrogen) atoms. The lowest BCUT2D eigenvalue weighted by atomic mass is 9.65. The summed E-state index contributed by atoms with van der Waals surface area (Å²) in [6.45, 7) is 0. The van der Waals surface area contributed by atoms with Crippen LogP contribution in [0, 0.1) is 0 Å². The van der Waals surface area contributed by atoms with Crippen LogP contribution in [0.3, 0.4) is 0 Å². The number of allylic oxidation sites excluding steroid dienone is 1. The van der Waals surface area contributed by atoms with Crippen LogP contribution >= 0.6 is 0 Å². The minimum atomic E-state index is -0.745. The molecule has 2 amide bonds. The average molecular weight is 360 g/mol. The van der Waals surface area contributed by atoms with E-state index in [2.05, 4.69) is 35.7 Å². The Morgan fingerprint density at radius 2 is 2.11 bits per heavy atom. The molecule has 2 aliphatic carbocycles. The molecular formula is C22H20N2O3. The van der Waals surface area contributed by atoms with Crippen molar-refractivity contribution < 1.29 is 14.6 Å². The fourth-order valence-corrected chi connectivity index (χ4v) is 5.69. The second kappa shape index (κ2) is 4.66. The standard InChI is InChI=1S/C22H20N2O3/c1-24-19-10-14-12-21(9-8-13-4-2-3-5-16(13)14)22(19,23-20(24)26)17-11-15(25)6-7-18(17)27-21/h2-7,10-11,14,25H,8-9,12H2,1H3,(H,23,26). The number of phenols is 1. The Kier molecular flexibility index (Phi) is 2.61. The van der Waals surface area contributed by atoms with Crippen molar-refractivity contribution in [3.63, 3.8) is 0 Å². The SMILES string of the molecule is CN1C(=O)NC23C1=CC1CC2(CCc2ccccc21)Oc1ccc(O)cc13. The van der Waals surface area contributed by atoms with E-state index in [1.54, 1.807) is 17.0 Å². The smallest absolute Gasteiger partial charge is 0.322 e. The number of carbonyl (C=O) groups is 1. The number of hydrogen-bond donors (Lipinski definition) is 2. The first-order valence-corrected chi connectivity index (χ1v) is 9.43. The Balaban J connectivity index is 1.66. The topological polar surface area (TPSA) is 61.8 Å². The number of hydrogen-bond acceptors (Lipinski definition) is 3. The van der Waals surface area contributed by atoms with Crippen LogP contribution in [0.25, 0.3) is 0 Å². The van der Waals surface area contributed by atoms with Crippen molar-refractivity contribution in [2.75, 3.05) is 7.05 Å². The van der Waals surface area contributed by atoms with E-state index in [0.29, 0.717) is 0 Å². The van der Waals surface area contributed by atoms with Crippen molar-refractivity contribution in [3.8, 4) is 11.5 Å². The summed E-state index contributed by atoms with van der Waals surface area (Å²) in [5.74, 6) is 1.14. The van der Waals surface area contributed by atoms with Crippen molar-refractivity contribution in [3.05, 3.63) is 70.9 Å². The maximum absolute atomic E-state index is 12.7. The third-order valence-electron chi connectivity index (χ3n) is 6.86. The molecule has 2 N–H and O–H groups in total. The minimum Gasteiger partial charge on any atom is -0.508 e. The quantitative estimate of drug-likeness (QED) is 0.757. The second-order valence-electron chi connectivity index (χ2n) is 8.08. The van der Waals surface area contributed by atoms with Crippen LogP contribution in [-0.2, 0) is 12.0 Å². The van der Waals surface area contributed by atoms with Gasteiger partial charge >= 0.3 is 6.03 Å². The number of rotatable bonds is 0. The summed E-state index contributed by atoms with van der Waals surface area (Å²) in [7, 11) is 1.81. The normalized spacial score (nSPS) is 32.3. The van der Waals surface area contributed by atoms with Gasteiger partial charge in [-0.2, -0.15) is 0 Å². The number of carbonyl (C=O) groups excluding carboxylic acids is 1. The number of amides is 2. The number of nitrogens with one attached hydrogen (secondary N) is 1. The van der Waals surface area contributed by atoms with Crippen molar-refractivity contribution in [1.82, 2.24) is 10.2 Å². The molecule has 1 fully saturated rings. The van der Waals surface area contributed by atoms with E-state index in [0.717, 1.165) is 36.3 Å². The highest BCUT2D eigenvalue weighted by molar-refractivity contribution is 5.85. The summed E-state index contributed by atoms with van der Waals surface area (Å²) in [4.78, 5) is 14.5. The Labute approximate surface area is 157 Å². The van der Waals surface area contributed by atoms with Crippen LogP contribution in [0.1, 0.15) is 35.4 Å². The van der Waals surface area contributed by atoms with Crippen LogP contribution < -0.4 is 10.1 Å². The summed E-state index contributed by atoms with van der Waals surface area (Å²) < 4.78 is 6.64. The molecule has 2 heterocycles. The van der Waals surface area contributed by atoms with Crippen molar-refractivity contribution >= 4 is 6.03 Å². The zero-order valence-electron chi connectivity index (χ0n) is 15.0. The van der Waals surface area contributed by atoms with Gasteiger partial charge in [-0.1, -0.05) is 30.3 Å². The molecule has 5 heteroatoms. The number of nitrogens with zero attached hydrogens (tertiary/aromatic N) is 1. The van der Waals surface area contributed by atoms with Gasteiger partial charge in [0.25, 0.3) is 0 Å². The van der Waals surface area contributed by atoms with Gasteiger partial charge in [-0.15, -0.1) is 0 Å². The Morgan fingerprint density at radius 1 is 1.26 bits per heavy atom. The van der Waals surface area contributed by atoms with Gasteiger partial charge in [0.15, 0.2) is 5.54 Å². The molecule has 0 radical (unpaired) electrons. The zero-order valence-corrected chi connectivity index (χ0v) is 15.0. The van der Waals surface area contributed by atoms with Crippen LogP contribution in [0.2, 0.25) is 0 Å². The predicted octanol–water partition coefficient (Wildman–Crippen LogP) is 3.39. The van der Waals surface area contributed by atoms with E-state index in [9.17, 15) is 9.90 Å². The molecule has 1 saturated heterocycles. The van der Waals surface area contributed by atoms with Gasteiger partial charge < -0.3 is 15.2 Å². The average Bonchev–Trinajstić information content (AvgIpc) is 3.03. The first kappa shape index (κ1) is 15.1. The van der Waals surface area contributed by atoms with E-state index >= 15 is 0 Å². The van der Waals surface area contributed by atoms with Crippen LogP contribution in [0.15, 0.2) is 54.2 Å². The summed E-state index contributed by atoms with van der Waals surface area (Å²) >= 11 is 0. The third kappa shape index (κ3) is 1.63. The highest BCUT2D eigenvalue weighted by Gasteiger charge is 2.69. The molecule has 5 nitrogen and oxygen atoms in total. The van der Waals surface area contributed by atoms with Gasteiger partial charge in [0, 0.05) is 24.9 Å². The summed E-state index contributed by atoms with van der Waals surface area (Å²) in [6.07, 6.45) is 4.73. The summed E-state index contributed by atoms with van der Waals surface area (Å²) in [6, 6.07) is 13.7. The first-order chi connectivity index (χ1) is 13.0. The zero-order chi connectivity index (χ0) is 18.4. The molecule has 2 spiro atoms. The number of likely N-dealkylation sites (N-methyl/N-ethyl adjacent to an activating group) is 1. The number of urea groups is 1. The Bertz CT molecular complexity index is 1050. The van der Waals surface area contributed by atoms with Gasteiger partial charge in [-0.25, -0.2) is 4.79 Å². The van der Waals surface area contributed by atoms with E-state index in [1.807, 2.05) is 13.1 Å². The first-order valence-electron chi connectivity index (χ1n) is 9.43. The minimum absolute atomic E-state index is 0.125. The summed E-state index contributed by atoms with van der Waals surface area (Å²) in [5.41, 5.74) is 3.16. The third-order valence-corrected chi connectivity index (χ3v) is 6.86. The van der Waals surface area contributed by atoms with Gasteiger partial charge in [0.05, 0.1) is 5.70 Å². The maximum atomic E-state index is 12.7. The van der Waals surface area contributed by atoms with Gasteiger partial charge in [-0.3, -0.25) is 4.90 Å². The molecule has 0 saturated carbocycles. The van der Waals surface area contributed by atoms with Gasteiger partial charge in [0.1, 0.15) is 17.1 Å². The van der Waals surface area contributed by atoms with Gasteiger partial charge in [-0.05, 0) is 42.2 Å². The van der Waals surface area contributed by atoms with E-state index < -0.39 is 11.1 Å². The number of fused-ring (bicyclic) bond motifs is 4. The fourth-order valence-electron chi connectivity index (χ4n) is 5.69. The van der Waals surface area contributed by atoms with Crippen LogP contribution in [0.5, 0.6) is 11.5 Å². The Hall–Kier alpha value is -2.95. The number of phenolic OH excluding ortho intramolecular Hbond substituents is 1.